The van der Waals surface area contributed by atoms with Crippen molar-refractivity contribution in [2.45, 2.75) is 107 Å². The van der Waals surface area contributed by atoms with Gasteiger partial charge in [-0.05, 0) is 55.4 Å². The van der Waals surface area contributed by atoms with Gasteiger partial charge in [-0.1, -0.05) is 0 Å². The van der Waals surface area contributed by atoms with E-state index in [0.717, 1.165) is 0 Å². The zero-order valence-electron chi connectivity index (χ0n) is 32.5. The minimum absolute atomic E-state index is 0. The van der Waals surface area contributed by atoms with Crippen molar-refractivity contribution in [1.82, 2.24) is 0 Å². The molecular formula is C32H40O24Ti2. The van der Waals surface area contributed by atoms with Gasteiger partial charge in [-0.25, -0.2) is 0 Å². The van der Waals surface area contributed by atoms with Crippen LogP contribution in [0.25, 0.3) is 0 Å². The third kappa shape index (κ3) is 176. The van der Waals surface area contributed by atoms with E-state index in [2.05, 4.69) is 0 Å². The van der Waals surface area contributed by atoms with Crippen LogP contribution in [-0.2, 0) is 120 Å². The fourth-order valence-corrected chi connectivity index (χ4v) is 1.63. The van der Waals surface area contributed by atoms with Gasteiger partial charge >= 0.3 is 43.4 Å². The van der Waals surface area contributed by atoms with E-state index in [1.165, 1.54) is 55.4 Å². The Kier molecular flexibility index (Phi) is 68.6. The Hall–Kier alpha value is -5.45. The van der Waals surface area contributed by atoms with Crippen LogP contribution in [0.3, 0.4) is 0 Å². The van der Waals surface area contributed by atoms with Crippen LogP contribution in [0.1, 0.15) is 107 Å². The van der Waals surface area contributed by atoms with Crippen molar-refractivity contribution in [3.8, 4) is 0 Å². The third-order valence-electron chi connectivity index (χ3n) is 3.15. The molecule has 0 bridgehead atoms. The molecule has 58 heavy (non-hydrogen) atoms. The number of carbonyl (C=O) groups excluding carboxylic acids is 16. The van der Waals surface area contributed by atoms with Crippen LogP contribution in [0.5, 0.6) is 0 Å². The number of hydrogen-bond donors (Lipinski definition) is 0. The Morgan fingerprint density at radius 1 is 0.207 bits per heavy atom. The van der Waals surface area contributed by atoms with Gasteiger partial charge in [0.2, 0.25) is 0 Å². The van der Waals surface area contributed by atoms with Crippen molar-refractivity contribution in [3.63, 3.8) is 0 Å². The summed E-state index contributed by atoms with van der Waals surface area (Å²) in [6.45, 7) is 9.63. The molecule has 0 radical (unpaired) electrons. The Morgan fingerprint density at radius 2 is 0.259 bits per heavy atom. The zero-order valence-corrected chi connectivity index (χ0v) is 35.6. The second-order valence-corrected chi connectivity index (χ2v) is 10.0. The van der Waals surface area contributed by atoms with E-state index in [-0.39, 0.29) is 89.7 Å². The Bertz CT molecular complexity index is 989. The van der Waals surface area contributed by atoms with Gasteiger partial charge in [0, 0.05) is 99.1 Å². The van der Waals surface area contributed by atoms with Gasteiger partial charge in [-0.3, -0.25) is 38.4 Å². The summed E-state index contributed by atoms with van der Waals surface area (Å²) in [5.74, 6) is -13.5. The predicted octanol–water partition coefficient (Wildman–Crippen LogP) is -10.3. The number of rotatable bonds is 16. The first-order valence-electron chi connectivity index (χ1n) is 14.6. The van der Waals surface area contributed by atoms with Crippen LogP contribution in [-0.4, -0.2) is 94.0 Å². The van der Waals surface area contributed by atoms with Crippen molar-refractivity contribution in [1.29, 1.82) is 0 Å². The van der Waals surface area contributed by atoms with E-state index < -0.39 is 99.1 Å². The molecule has 0 fully saturated rings. The monoisotopic (exact) mass is 904 g/mol. The predicted molar refractivity (Wildman–Crippen MR) is 162 cm³/mol. The van der Waals surface area contributed by atoms with E-state index >= 15 is 0 Å². The van der Waals surface area contributed by atoms with E-state index in [4.69, 9.17) is 0 Å². The molecule has 24 nitrogen and oxygen atoms in total. The SMILES string of the molecule is CC(=O)CC(=O)[O-].CC(=O)CC(=O)[O-].CC(=O)CC(=O)[O-].CC(=O)CC(=O)[O-].CC(=O)CC(=O)[O-].CC(=O)CC(=O)[O-].CC(=O)CC(=O)[O-].CC(=O)CC(=O)[O-].[Ti+4].[Ti+4]. The molecule has 0 aliphatic rings. The zero-order chi connectivity index (χ0) is 46.9. The number of hydrogen-bond acceptors (Lipinski definition) is 24. The summed E-state index contributed by atoms with van der Waals surface area (Å²) < 4.78 is 0. The summed E-state index contributed by atoms with van der Waals surface area (Å²) in [7, 11) is 0. The molecule has 0 aromatic rings. The van der Waals surface area contributed by atoms with E-state index in [0.29, 0.717) is 0 Å². The molecule has 0 aromatic carbocycles. The molecule has 0 rings (SSSR count). The number of carbonyl (C=O) groups is 16. The van der Waals surface area contributed by atoms with Crippen molar-refractivity contribution in [2.75, 3.05) is 0 Å². The van der Waals surface area contributed by atoms with Gasteiger partial charge in [-0.2, -0.15) is 0 Å². The summed E-state index contributed by atoms with van der Waals surface area (Å²) in [5, 5.41) is 75.8. The van der Waals surface area contributed by atoms with Crippen LogP contribution in [0.2, 0.25) is 0 Å². The first kappa shape index (κ1) is 77.1. The largest absolute Gasteiger partial charge is 4.00 e. The van der Waals surface area contributed by atoms with Crippen LogP contribution in [0, 0.1) is 0 Å². The number of carboxylic acid groups (broad SMARTS) is 8. The van der Waals surface area contributed by atoms with Crippen LogP contribution in [0.15, 0.2) is 0 Å². The number of aliphatic carboxylic acids is 8. The molecule has 0 aromatic heterocycles. The van der Waals surface area contributed by atoms with Crippen molar-refractivity contribution in [2.24, 2.45) is 0 Å². The quantitative estimate of drug-likeness (QED) is 0.102. The van der Waals surface area contributed by atoms with Gasteiger partial charge in [0.25, 0.3) is 0 Å². The van der Waals surface area contributed by atoms with Crippen molar-refractivity contribution >= 4 is 94.0 Å². The fourth-order valence-electron chi connectivity index (χ4n) is 1.63. The second-order valence-electron chi connectivity index (χ2n) is 10.0. The summed E-state index contributed by atoms with van der Waals surface area (Å²) in [4.78, 5) is 154. The maximum Gasteiger partial charge on any atom is 4.00 e. The van der Waals surface area contributed by atoms with Crippen LogP contribution in [0.4, 0.5) is 0 Å². The molecule has 0 spiro atoms. The summed E-state index contributed by atoms with van der Waals surface area (Å²) in [6.07, 6.45) is -3.78. The molecule has 26 heteroatoms. The molecule has 320 valence electrons. The molecule has 0 unspecified atom stereocenters. The Balaban J connectivity index is -0.0000000565. The van der Waals surface area contributed by atoms with Gasteiger partial charge < -0.3 is 79.2 Å². The maximum atomic E-state index is 9.83. The average molecular weight is 904 g/mol. The van der Waals surface area contributed by atoms with E-state index in [1.54, 1.807) is 0 Å². The smallest absolute Gasteiger partial charge is 0.550 e. The normalized spacial score (nSPS) is 7.86. The number of Topliss-reactive ketones (excluding diaryl/α,β-unsaturated/α-hetero) is 8. The fraction of sp³-hybridized carbons (Fsp3) is 0.500. The number of carboxylic acids is 8. The second kappa shape index (κ2) is 51.5. The summed E-state index contributed by atoms with van der Waals surface area (Å²) in [5.41, 5.74) is 0. The first-order chi connectivity index (χ1) is 25.0. The number of ketones is 8. The topological polar surface area (TPSA) is 458 Å². The summed E-state index contributed by atoms with van der Waals surface area (Å²) >= 11 is 0. The molecule has 0 aliphatic carbocycles. The first-order valence-corrected chi connectivity index (χ1v) is 14.6. The minimum Gasteiger partial charge on any atom is -0.550 e. The third-order valence-corrected chi connectivity index (χ3v) is 3.15. The Labute approximate surface area is 360 Å². The molecule has 0 saturated carbocycles. The standard InChI is InChI=1S/8C4H6O3.2Ti/c8*1-3(5)2-4(6)7;;/h8*2H2,1H3,(H,6,7);;/q;;;;;;;;2*+4/p-8. The van der Waals surface area contributed by atoms with Crippen LogP contribution >= 0.6 is 0 Å². The molecule has 0 heterocycles. The van der Waals surface area contributed by atoms with E-state index in [9.17, 15) is 118 Å². The van der Waals surface area contributed by atoms with E-state index in [1.807, 2.05) is 0 Å². The molecule has 0 amide bonds. The van der Waals surface area contributed by atoms with Gasteiger partial charge in [0.15, 0.2) is 0 Å². The molecule has 0 atom stereocenters. The molecule has 0 aliphatic heterocycles. The van der Waals surface area contributed by atoms with Gasteiger partial charge in [0.1, 0.15) is 46.3 Å². The minimum atomic E-state index is -1.31. The van der Waals surface area contributed by atoms with Crippen molar-refractivity contribution < 1.29 is 161 Å². The summed E-state index contributed by atoms with van der Waals surface area (Å²) in [6, 6.07) is 0. The van der Waals surface area contributed by atoms with Crippen molar-refractivity contribution in [3.05, 3.63) is 0 Å². The Morgan fingerprint density at radius 3 is 0.259 bits per heavy atom. The average Bonchev–Trinajstić information content (AvgIpc) is 2.84. The molecular weight excluding hydrogens is 864 g/mol. The van der Waals surface area contributed by atoms with Gasteiger partial charge in [0.05, 0.1) is 0 Å². The molecule has 0 N–H and O–H groups in total. The van der Waals surface area contributed by atoms with Gasteiger partial charge in [-0.15, -0.1) is 0 Å². The van der Waals surface area contributed by atoms with Crippen LogP contribution < -0.4 is 40.9 Å². The maximum absolute atomic E-state index is 9.83. The molecule has 0 saturated heterocycles.